The van der Waals surface area contributed by atoms with E-state index < -0.39 is 0 Å². The van der Waals surface area contributed by atoms with Crippen LogP contribution in [0.4, 0.5) is 5.82 Å². The highest BCUT2D eigenvalue weighted by atomic mass is 35.5. The smallest absolute Gasteiger partial charge is 0.138 e. The molecule has 1 N–H and O–H groups in total. The topological polar surface area (TPSA) is 64.9 Å². The number of aromatic nitrogens is 4. The number of hydrogen-bond donors (Lipinski definition) is 1. The van der Waals surface area contributed by atoms with E-state index in [1.807, 2.05) is 25.5 Å². The van der Waals surface area contributed by atoms with Crippen molar-refractivity contribution in [3.63, 3.8) is 0 Å². The van der Waals surface area contributed by atoms with Crippen LogP contribution in [-0.2, 0) is 24.2 Å². The van der Waals surface area contributed by atoms with E-state index in [1.54, 1.807) is 7.11 Å². The molecule has 0 aromatic carbocycles. The Morgan fingerprint density at radius 3 is 2.57 bits per heavy atom. The van der Waals surface area contributed by atoms with E-state index in [0.717, 1.165) is 35.7 Å². The molecule has 0 fully saturated rings. The van der Waals surface area contributed by atoms with Gasteiger partial charge in [0, 0.05) is 30.5 Å². The van der Waals surface area contributed by atoms with Crippen molar-refractivity contribution in [3.8, 4) is 0 Å². The van der Waals surface area contributed by atoms with Crippen molar-refractivity contribution in [1.29, 1.82) is 0 Å². The van der Waals surface area contributed by atoms with Gasteiger partial charge in [-0.25, -0.2) is 9.97 Å². The lowest BCUT2D eigenvalue weighted by Crippen LogP contribution is -2.10. The minimum absolute atomic E-state index is 0.520. The van der Waals surface area contributed by atoms with Crippen molar-refractivity contribution in [2.75, 3.05) is 19.0 Å². The van der Waals surface area contributed by atoms with Crippen LogP contribution in [0.2, 0.25) is 5.15 Å². The second-order valence-electron chi connectivity index (χ2n) is 5.46. The van der Waals surface area contributed by atoms with Crippen LogP contribution in [0.5, 0.6) is 0 Å². The molecule has 7 heteroatoms. The molecule has 0 spiro atoms. The molecule has 0 amide bonds. The van der Waals surface area contributed by atoms with Crippen molar-refractivity contribution in [2.45, 2.75) is 47.2 Å². The number of ether oxygens (including phenoxy) is 1. The van der Waals surface area contributed by atoms with E-state index in [4.69, 9.17) is 16.3 Å². The zero-order chi connectivity index (χ0) is 17.0. The summed E-state index contributed by atoms with van der Waals surface area (Å²) < 4.78 is 7.11. The number of hydrogen-bond acceptors (Lipinski definition) is 5. The third-order valence-electron chi connectivity index (χ3n) is 3.89. The lowest BCUT2D eigenvalue weighted by atomic mass is 10.2. The maximum Gasteiger partial charge on any atom is 0.138 e. The fraction of sp³-hybridized carbons (Fsp3) is 0.562. The van der Waals surface area contributed by atoms with E-state index in [1.165, 1.54) is 5.56 Å². The van der Waals surface area contributed by atoms with Crippen molar-refractivity contribution < 1.29 is 4.74 Å². The molecule has 2 heterocycles. The van der Waals surface area contributed by atoms with E-state index in [9.17, 15) is 0 Å². The standard InChI is InChI=1S/C16H24ClN5O/c1-6-13-15(17)19-12(4)20-16(13)18-9-14-10(2)21-22(11(14)3)7-8-23-5/h6-9H2,1-5H3,(H,18,19,20). The number of nitrogens with one attached hydrogen (secondary N) is 1. The predicted octanol–water partition coefficient (Wildman–Crippen LogP) is 3.07. The van der Waals surface area contributed by atoms with Crippen molar-refractivity contribution >= 4 is 17.4 Å². The molecular formula is C16H24ClN5O. The summed E-state index contributed by atoms with van der Waals surface area (Å²) in [4.78, 5) is 8.70. The molecule has 2 rings (SSSR count). The van der Waals surface area contributed by atoms with Gasteiger partial charge in [0.2, 0.25) is 0 Å². The summed E-state index contributed by atoms with van der Waals surface area (Å²) in [6.07, 6.45) is 0.784. The van der Waals surface area contributed by atoms with Gasteiger partial charge in [-0.1, -0.05) is 18.5 Å². The number of anilines is 1. The fourth-order valence-corrected chi connectivity index (χ4v) is 2.92. The van der Waals surface area contributed by atoms with Crippen LogP contribution >= 0.6 is 11.6 Å². The molecule has 126 valence electrons. The second-order valence-corrected chi connectivity index (χ2v) is 5.82. The number of halogens is 1. The quantitative estimate of drug-likeness (QED) is 0.786. The largest absolute Gasteiger partial charge is 0.383 e. The summed E-state index contributed by atoms with van der Waals surface area (Å²) in [7, 11) is 1.70. The van der Waals surface area contributed by atoms with Gasteiger partial charge in [-0.2, -0.15) is 5.10 Å². The molecule has 23 heavy (non-hydrogen) atoms. The molecular weight excluding hydrogens is 314 g/mol. The monoisotopic (exact) mass is 337 g/mol. The third kappa shape index (κ3) is 4.00. The van der Waals surface area contributed by atoms with Crippen molar-refractivity contribution in [3.05, 3.63) is 33.5 Å². The molecule has 0 bridgehead atoms. The Balaban J connectivity index is 2.20. The molecule has 0 saturated carbocycles. The van der Waals surface area contributed by atoms with Gasteiger partial charge in [-0.05, 0) is 27.2 Å². The van der Waals surface area contributed by atoms with Crippen LogP contribution in [0.15, 0.2) is 0 Å². The SMILES string of the molecule is CCc1c(Cl)nc(C)nc1NCc1c(C)nn(CCOC)c1C. The number of rotatable bonds is 7. The van der Waals surface area contributed by atoms with Crippen molar-refractivity contribution in [1.82, 2.24) is 19.7 Å². The number of nitrogens with zero attached hydrogens (tertiary/aromatic N) is 4. The van der Waals surface area contributed by atoms with Gasteiger partial charge in [0.15, 0.2) is 0 Å². The van der Waals surface area contributed by atoms with Crippen LogP contribution in [0.1, 0.15) is 35.3 Å². The Kier molecular flexibility index (Phi) is 5.96. The summed E-state index contributed by atoms with van der Waals surface area (Å²) in [5.74, 6) is 1.47. The Morgan fingerprint density at radius 2 is 1.91 bits per heavy atom. The highest BCUT2D eigenvalue weighted by molar-refractivity contribution is 6.30. The lowest BCUT2D eigenvalue weighted by Gasteiger charge is -2.12. The van der Waals surface area contributed by atoms with Gasteiger partial charge in [0.05, 0.1) is 18.8 Å². The predicted molar refractivity (Wildman–Crippen MR) is 92.1 cm³/mol. The summed E-state index contributed by atoms with van der Waals surface area (Å²) in [5, 5.41) is 8.49. The van der Waals surface area contributed by atoms with Crippen LogP contribution < -0.4 is 5.32 Å². The molecule has 2 aromatic heterocycles. The Bertz CT molecular complexity index is 684. The van der Waals surface area contributed by atoms with Gasteiger partial charge in [0.25, 0.3) is 0 Å². The van der Waals surface area contributed by atoms with E-state index >= 15 is 0 Å². The molecule has 0 aliphatic rings. The highest BCUT2D eigenvalue weighted by Crippen LogP contribution is 2.23. The van der Waals surface area contributed by atoms with Gasteiger partial charge in [-0.15, -0.1) is 0 Å². The van der Waals surface area contributed by atoms with Crippen LogP contribution in [0.3, 0.4) is 0 Å². The molecule has 2 aromatic rings. The summed E-state index contributed by atoms with van der Waals surface area (Å²) in [5.41, 5.74) is 4.28. The first-order chi connectivity index (χ1) is 11.0. The molecule has 6 nitrogen and oxygen atoms in total. The Hall–Kier alpha value is -1.66. The van der Waals surface area contributed by atoms with Gasteiger partial charge < -0.3 is 10.1 Å². The van der Waals surface area contributed by atoms with E-state index in [2.05, 4.69) is 27.3 Å². The van der Waals surface area contributed by atoms with Gasteiger partial charge in [-0.3, -0.25) is 4.68 Å². The first kappa shape index (κ1) is 17.7. The summed E-state index contributed by atoms with van der Waals surface area (Å²) >= 11 is 6.22. The number of methoxy groups -OCH3 is 1. The summed E-state index contributed by atoms with van der Waals surface area (Å²) in [6, 6.07) is 0. The average Bonchev–Trinajstić information content (AvgIpc) is 2.77. The van der Waals surface area contributed by atoms with Crippen LogP contribution in [0, 0.1) is 20.8 Å². The Labute approximate surface area is 142 Å². The van der Waals surface area contributed by atoms with E-state index in [0.29, 0.717) is 24.1 Å². The summed E-state index contributed by atoms with van der Waals surface area (Å²) in [6.45, 7) is 10.0. The minimum atomic E-state index is 0.520. The maximum atomic E-state index is 6.22. The first-order valence-corrected chi connectivity index (χ1v) is 8.14. The van der Waals surface area contributed by atoms with Crippen LogP contribution in [0.25, 0.3) is 0 Å². The zero-order valence-corrected chi connectivity index (χ0v) is 15.2. The zero-order valence-electron chi connectivity index (χ0n) is 14.4. The molecule has 0 radical (unpaired) electrons. The molecule has 0 aliphatic carbocycles. The van der Waals surface area contributed by atoms with Gasteiger partial charge >= 0.3 is 0 Å². The highest BCUT2D eigenvalue weighted by Gasteiger charge is 2.14. The van der Waals surface area contributed by atoms with E-state index in [-0.39, 0.29) is 0 Å². The third-order valence-corrected chi connectivity index (χ3v) is 4.21. The normalized spacial score (nSPS) is 11.0. The molecule has 0 saturated heterocycles. The maximum absolute atomic E-state index is 6.22. The second kappa shape index (κ2) is 7.75. The minimum Gasteiger partial charge on any atom is -0.383 e. The van der Waals surface area contributed by atoms with Crippen LogP contribution in [-0.4, -0.2) is 33.5 Å². The first-order valence-electron chi connectivity index (χ1n) is 7.76. The molecule has 0 unspecified atom stereocenters. The molecule has 0 atom stereocenters. The van der Waals surface area contributed by atoms with Crippen molar-refractivity contribution in [2.24, 2.45) is 0 Å². The number of aryl methyl sites for hydroxylation is 2. The fourth-order valence-electron chi connectivity index (χ4n) is 2.58. The Morgan fingerprint density at radius 1 is 1.17 bits per heavy atom. The molecule has 0 aliphatic heterocycles. The lowest BCUT2D eigenvalue weighted by molar-refractivity contribution is 0.182. The van der Waals surface area contributed by atoms with Gasteiger partial charge in [0.1, 0.15) is 16.8 Å². The average molecular weight is 338 g/mol.